The summed E-state index contributed by atoms with van der Waals surface area (Å²) in [7, 11) is 0. The van der Waals surface area contributed by atoms with Gasteiger partial charge in [-0.25, -0.2) is 0 Å². The molecule has 33 heavy (non-hydrogen) atoms. The van der Waals surface area contributed by atoms with Gasteiger partial charge in [0, 0.05) is 0 Å². The maximum absolute atomic E-state index is 11.2. The summed E-state index contributed by atoms with van der Waals surface area (Å²) in [6, 6.07) is 4.66. The van der Waals surface area contributed by atoms with E-state index in [1.807, 2.05) is 0 Å². The van der Waals surface area contributed by atoms with E-state index in [2.05, 4.69) is 67.5 Å². The summed E-state index contributed by atoms with van der Waals surface area (Å²) < 4.78 is 0. The fourth-order valence-electron chi connectivity index (χ4n) is 5.56. The minimum absolute atomic E-state index is 0.110. The molecule has 0 radical (unpaired) electrons. The Bertz CT molecular complexity index is 649. The zero-order chi connectivity index (χ0) is 24.9. The number of hydrogen-bond acceptors (Lipinski definition) is 1. The number of phenols is 1. The molecule has 1 rings (SSSR count). The van der Waals surface area contributed by atoms with Crippen LogP contribution in [0.2, 0.25) is 0 Å². The fourth-order valence-corrected chi connectivity index (χ4v) is 5.56. The summed E-state index contributed by atoms with van der Waals surface area (Å²) in [5.74, 6) is 1.00. The lowest BCUT2D eigenvalue weighted by Gasteiger charge is -2.34. The molecule has 0 saturated heterocycles. The van der Waals surface area contributed by atoms with E-state index in [-0.39, 0.29) is 10.8 Å². The average Bonchev–Trinajstić information content (AvgIpc) is 2.72. The van der Waals surface area contributed by atoms with Gasteiger partial charge in [0.25, 0.3) is 0 Å². The molecule has 0 aromatic heterocycles. The number of benzene rings is 1. The molecule has 0 fully saturated rings. The van der Waals surface area contributed by atoms with Crippen molar-refractivity contribution in [1.82, 2.24) is 0 Å². The molecule has 1 nitrogen and oxygen atoms in total. The van der Waals surface area contributed by atoms with Gasteiger partial charge in [0.2, 0.25) is 0 Å². The van der Waals surface area contributed by atoms with E-state index < -0.39 is 0 Å². The van der Waals surface area contributed by atoms with E-state index in [1.165, 1.54) is 93.7 Å². The molecule has 0 amide bonds. The molecular formula is C32H58O. The van der Waals surface area contributed by atoms with Crippen LogP contribution in [0, 0.1) is 5.41 Å². The van der Waals surface area contributed by atoms with Crippen molar-refractivity contribution >= 4 is 0 Å². The third kappa shape index (κ3) is 11.8. The number of aryl methyl sites for hydroxylation is 1. The van der Waals surface area contributed by atoms with E-state index >= 15 is 0 Å². The van der Waals surface area contributed by atoms with Crippen molar-refractivity contribution in [3.05, 3.63) is 28.8 Å². The molecule has 1 aromatic rings. The molecule has 0 aliphatic rings. The van der Waals surface area contributed by atoms with Gasteiger partial charge < -0.3 is 5.11 Å². The second-order valence-electron chi connectivity index (χ2n) is 12.7. The van der Waals surface area contributed by atoms with Gasteiger partial charge in [0.15, 0.2) is 0 Å². The minimum atomic E-state index is 0.110. The van der Waals surface area contributed by atoms with Gasteiger partial charge in [-0.2, -0.15) is 0 Å². The van der Waals surface area contributed by atoms with Gasteiger partial charge >= 0.3 is 0 Å². The minimum Gasteiger partial charge on any atom is -0.507 e. The SMILES string of the molecule is CCCCCCCCCCCCC(C)c1cc(C(C)(C)CC(C)(C)C)cc(CCCC)c1O. The first-order chi connectivity index (χ1) is 15.5. The normalized spacial score (nSPS) is 13.5. The zero-order valence-corrected chi connectivity index (χ0v) is 23.8. The van der Waals surface area contributed by atoms with Crippen molar-refractivity contribution in [3.63, 3.8) is 0 Å². The van der Waals surface area contributed by atoms with Crippen LogP contribution in [0.5, 0.6) is 5.75 Å². The lowest BCUT2D eigenvalue weighted by Crippen LogP contribution is -2.25. The molecule has 0 spiro atoms. The molecule has 1 unspecified atom stereocenters. The highest BCUT2D eigenvalue weighted by Gasteiger charge is 2.29. The first-order valence-electron chi connectivity index (χ1n) is 14.4. The molecule has 1 aromatic carbocycles. The lowest BCUT2D eigenvalue weighted by atomic mass is 9.71. The Labute approximate surface area is 208 Å². The molecule has 0 aliphatic heterocycles. The summed E-state index contributed by atoms with van der Waals surface area (Å²) in [5.41, 5.74) is 4.16. The van der Waals surface area contributed by atoms with Crippen LogP contribution in [-0.4, -0.2) is 5.11 Å². The third-order valence-electron chi connectivity index (χ3n) is 7.29. The molecule has 0 heterocycles. The third-order valence-corrected chi connectivity index (χ3v) is 7.29. The first-order valence-corrected chi connectivity index (χ1v) is 14.4. The van der Waals surface area contributed by atoms with Crippen molar-refractivity contribution in [2.45, 2.75) is 163 Å². The standard InChI is InChI=1S/C32H58O/c1-9-11-13-14-15-16-17-18-19-20-21-26(3)29-24-28(32(7,8)25-31(4,5)6)23-27(30(29)33)22-12-10-2/h23-24,26,33H,9-22,25H2,1-8H3. The van der Waals surface area contributed by atoms with E-state index in [0.717, 1.165) is 19.3 Å². The highest BCUT2D eigenvalue weighted by molar-refractivity contribution is 5.47. The van der Waals surface area contributed by atoms with Crippen molar-refractivity contribution in [2.75, 3.05) is 0 Å². The summed E-state index contributed by atoms with van der Waals surface area (Å²) in [5, 5.41) is 11.2. The molecule has 0 aliphatic carbocycles. The molecular weight excluding hydrogens is 400 g/mol. The predicted octanol–water partition coefficient (Wildman–Crippen LogP) is 10.9. The molecule has 1 atom stereocenters. The number of phenolic OH excluding ortho intramolecular Hbond substituents is 1. The smallest absolute Gasteiger partial charge is 0.122 e. The number of aromatic hydroxyl groups is 1. The Morgan fingerprint density at radius 1 is 0.727 bits per heavy atom. The summed E-state index contributed by atoms with van der Waals surface area (Å²) in [6.07, 6.45) is 19.4. The van der Waals surface area contributed by atoms with E-state index in [9.17, 15) is 5.11 Å². The highest BCUT2D eigenvalue weighted by atomic mass is 16.3. The number of hydrogen-bond donors (Lipinski definition) is 1. The molecule has 1 heteroatoms. The lowest BCUT2D eigenvalue weighted by molar-refractivity contribution is 0.283. The number of rotatable bonds is 17. The van der Waals surface area contributed by atoms with Crippen molar-refractivity contribution < 1.29 is 5.11 Å². The van der Waals surface area contributed by atoms with Crippen molar-refractivity contribution in [2.24, 2.45) is 5.41 Å². The monoisotopic (exact) mass is 458 g/mol. The summed E-state index contributed by atoms with van der Waals surface area (Å²) in [6.45, 7) is 18.6. The van der Waals surface area contributed by atoms with Crippen LogP contribution in [0.4, 0.5) is 0 Å². The predicted molar refractivity (Wildman–Crippen MR) is 149 cm³/mol. The van der Waals surface area contributed by atoms with Crippen LogP contribution in [-0.2, 0) is 11.8 Å². The second-order valence-corrected chi connectivity index (χ2v) is 12.7. The highest BCUT2D eigenvalue weighted by Crippen LogP contribution is 2.41. The average molecular weight is 459 g/mol. The first kappa shape index (κ1) is 30.1. The van der Waals surface area contributed by atoms with E-state index in [1.54, 1.807) is 0 Å². The van der Waals surface area contributed by atoms with Gasteiger partial charge in [0.05, 0.1) is 0 Å². The Morgan fingerprint density at radius 2 is 1.24 bits per heavy atom. The fraction of sp³-hybridized carbons (Fsp3) is 0.812. The van der Waals surface area contributed by atoms with Crippen molar-refractivity contribution in [3.8, 4) is 5.75 Å². The van der Waals surface area contributed by atoms with Gasteiger partial charge in [0.1, 0.15) is 5.75 Å². The van der Waals surface area contributed by atoms with Crippen LogP contribution < -0.4 is 0 Å². The van der Waals surface area contributed by atoms with Crippen LogP contribution in [0.1, 0.15) is 168 Å². The van der Waals surface area contributed by atoms with Gasteiger partial charge in [-0.3, -0.25) is 0 Å². The van der Waals surface area contributed by atoms with E-state index in [4.69, 9.17) is 0 Å². The van der Waals surface area contributed by atoms with Crippen LogP contribution in [0.15, 0.2) is 12.1 Å². The Hall–Kier alpha value is -0.980. The van der Waals surface area contributed by atoms with Crippen LogP contribution >= 0.6 is 0 Å². The molecule has 192 valence electrons. The molecule has 1 N–H and O–H groups in total. The van der Waals surface area contributed by atoms with Crippen LogP contribution in [0.3, 0.4) is 0 Å². The summed E-state index contributed by atoms with van der Waals surface area (Å²) in [4.78, 5) is 0. The number of unbranched alkanes of at least 4 members (excludes halogenated alkanes) is 10. The van der Waals surface area contributed by atoms with Gasteiger partial charge in [-0.1, -0.05) is 138 Å². The maximum Gasteiger partial charge on any atom is 0.122 e. The Kier molecular flexibility index (Phi) is 13.8. The van der Waals surface area contributed by atoms with Crippen molar-refractivity contribution in [1.29, 1.82) is 0 Å². The van der Waals surface area contributed by atoms with Gasteiger partial charge in [-0.15, -0.1) is 0 Å². The second kappa shape index (κ2) is 15.1. The van der Waals surface area contributed by atoms with Gasteiger partial charge in [-0.05, 0) is 59.1 Å². The quantitative estimate of drug-likeness (QED) is 0.230. The summed E-state index contributed by atoms with van der Waals surface area (Å²) >= 11 is 0. The van der Waals surface area contributed by atoms with E-state index in [0.29, 0.717) is 11.7 Å². The Balaban J connectivity index is 2.74. The molecule has 0 bridgehead atoms. The maximum atomic E-state index is 11.2. The Morgan fingerprint density at radius 3 is 1.76 bits per heavy atom. The largest absolute Gasteiger partial charge is 0.507 e. The topological polar surface area (TPSA) is 20.2 Å². The van der Waals surface area contributed by atoms with Crippen LogP contribution in [0.25, 0.3) is 0 Å². The molecule has 0 saturated carbocycles. The zero-order valence-electron chi connectivity index (χ0n) is 23.8.